The Labute approximate surface area is 180 Å². The summed E-state index contributed by atoms with van der Waals surface area (Å²) in [6, 6.07) is 19.7. The Bertz CT molecular complexity index is 1440. The molecule has 29 heavy (non-hydrogen) atoms. The van der Waals surface area contributed by atoms with E-state index in [2.05, 4.69) is 35.3 Å². The monoisotopic (exact) mass is 436 g/mol. The molecule has 0 spiro atoms. The van der Waals surface area contributed by atoms with Crippen molar-refractivity contribution in [2.24, 2.45) is 0 Å². The summed E-state index contributed by atoms with van der Waals surface area (Å²) in [5.74, 6) is 0. The van der Waals surface area contributed by atoms with Crippen LogP contribution < -0.4 is 5.56 Å². The molecule has 142 valence electrons. The van der Waals surface area contributed by atoms with Crippen molar-refractivity contribution in [1.82, 2.24) is 9.55 Å². The largest absolute Gasteiger partial charge is 0.294 e. The van der Waals surface area contributed by atoms with Crippen LogP contribution in [0, 0.1) is 0 Å². The molecule has 0 saturated carbocycles. The molecular formula is C23H14Cl2N2OS. The molecule has 2 aromatic heterocycles. The molecule has 0 atom stereocenters. The van der Waals surface area contributed by atoms with Gasteiger partial charge in [0.25, 0.3) is 5.56 Å². The summed E-state index contributed by atoms with van der Waals surface area (Å²) >= 11 is 13.8. The molecule has 0 unspecified atom stereocenters. The zero-order chi connectivity index (χ0) is 20.0. The predicted octanol–water partition coefficient (Wildman–Crippen LogP) is 6.63. The maximum Gasteiger partial charge on any atom is 0.263 e. The van der Waals surface area contributed by atoms with Gasteiger partial charge in [0.15, 0.2) is 0 Å². The number of thiophene rings is 1. The van der Waals surface area contributed by atoms with Gasteiger partial charge < -0.3 is 0 Å². The summed E-state index contributed by atoms with van der Waals surface area (Å²) in [5.41, 5.74) is 2.66. The molecule has 0 aliphatic rings. The minimum atomic E-state index is -0.0783. The Balaban J connectivity index is 1.64. The molecule has 0 saturated heterocycles. The molecule has 0 bridgehead atoms. The Morgan fingerprint density at radius 3 is 2.62 bits per heavy atom. The first-order valence-corrected chi connectivity index (χ1v) is 10.6. The van der Waals surface area contributed by atoms with Crippen molar-refractivity contribution < 1.29 is 0 Å². The van der Waals surface area contributed by atoms with Gasteiger partial charge in [0.1, 0.15) is 4.83 Å². The SMILES string of the molecule is O=c1c2c(-c3ccc4ccccc4c3)csc2ncn1Cc1ccc(Cl)cc1Cl. The van der Waals surface area contributed by atoms with E-state index in [0.717, 1.165) is 26.9 Å². The second kappa shape index (κ2) is 7.30. The third-order valence-corrected chi connectivity index (χ3v) is 6.45. The molecule has 5 aromatic rings. The fraction of sp³-hybridized carbons (Fsp3) is 0.0435. The van der Waals surface area contributed by atoms with Crippen molar-refractivity contribution in [3.8, 4) is 11.1 Å². The molecule has 0 N–H and O–H groups in total. The van der Waals surface area contributed by atoms with Crippen LogP contribution in [0.2, 0.25) is 10.0 Å². The molecule has 0 radical (unpaired) electrons. The van der Waals surface area contributed by atoms with Crippen LogP contribution in [0.4, 0.5) is 0 Å². The molecule has 3 aromatic carbocycles. The molecule has 0 aliphatic carbocycles. The lowest BCUT2D eigenvalue weighted by Gasteiger charge is -2.09. The number of aromatic nitrogens is 2. The summed E-state index contributed by atoms with van der Waals surface area (Å²) in [6.07, 6.45) is 1.58. The Morgan fingerprint density at radius 1 is 0.966 bits per heavy atom. The Morgan fingerprint density at radius 2 is 1.79 bits per heavy atom. The molecule has 3 nitrogen and oxygen atoms in total. The normalized spacial score (nSPS) is 11.4. The van der Waals surface area contributed by atoms with Gasteiger partial charge in [-0.15, -0.1) is 11.3 Å². The van der Waals surface area contributed by atoms with E-state index in [-0.39, 0.29) is 5.56 Å². The van der Waals surface area contributed by atoms with Gasteiger partial charge in [-0.25, -0.2) is 4.98 Å². The van der Waals surface area contributed by atoms with Crippen molar-refractivity contribution in [3.05, 3.63) is 98.3 Å². The first-order chi connectivity index (χ1) is 14.1. The van der Waals surface area contributed by atoms with E-state index in [1.165, 1.54) is 16.7 Å². The van der Waals surface area contributed by atoms with Gasteiger partial charge >= 0.3 is 0 Å². The van der Waals surface area contributed by atoms with Crippen LogP contribution in [0.15, 0.2) is 77.2 Å². The molecule has 0 amide bonds. The zero-order valence-electron chi connectivity index (χ0n) is 15.1. The highest BCUT2D eigenvalue weighted by Crippen LogP contribution is 2.32. The lowest BCUT2D eigenvalue weighted by Crippen LogP contribution is -2.21. The predicted molar refractivity (Wildman–Crippen MR) is 122 cm³/mol. The fourth-order valence-corrected chi connectivity index (χ4v) is 4.86. The van der Waals surface area contributed by atoms with Crippen LogP contribution in [0.25, 0.3) is 32.1 Å². The number of benzene rings is 3. The minimum absolute atomic E-state index is 0.0783. The second-order valence-electron chi connectivity index (χ2n) is 6.80. The number of nitrogens with zero attached hydrogens (tertiary/aromatic N) is 2. The Hall–Kier alpha value is -2.66. The average Bonchev–Trinajstić information content (AvgIpc) is 3.16. The van der Waals surface area contributed by atoms with Gasteiger partial charge in [-0.2, -0.15) is 0 Å². The van der Waals surface area contributed by atoms with Crippen molar-refractivity contribution in [2.75, 3.05) is 0 Å². The standard InChI is InChI=1S/C23H14Cl2N2OS/c24-18-8-7-17(20(25)10-18)11-27-13-26-22-21(23(27)28)19(12-29-22)16-6-5-14-3-1-2-4-15(14)9-16/h1-10,12-13H,11H2. The van der Waals surface area contributed by atoms with Gasteiger partial charge in [0.05, 0.1) is 18.3 Å². The summed E-state index contributed by atoms with van der Waals surface area (Å²) in [4.78, 5) is 18.5. The van der Waals surface area contributed by atoms with E-state index in [0.29, 0.717) is 22.0 Å². The van der Waals surface area contributed by atoms with E-state index in [4.69, 9.17) is 23.2 Å². The van der Waals surface area contributed by atoms with Crippen LogP contribution in [-0.4, -0.2) is 9.55 Å². The van der Waals surface area contributed by atoms with Gasteiger partial charge in [-0.05, 0) is 40.1 Å². The zero-order valence-corrected chi connectivity index (χ0v) is 17.4. The molecule has 6 heteroatoms. The van der Waals surface area contributed by atoms with Crippen LogP contribution >= 0.6 is 34.5 Å². The van der Waals surface area contributed by atoms with Crippen LogP contribution in [0.1, 0.15) is 5.56 Å². The molecule has 0 aliphatic heterocycles. The minimum Gasteiger partial charge on any atom is -0.294 e. The quantitative estimate of drug-likeness (QED) is 0.317. The number of hydrogen-bond acceptors (Lipinski definition) is 3. The summed E-state index contributed by atoms with van der Waals surface area (Å²) < 4.78 is 1.59. The number of fused-ring (bicyclic) bond motifs is 2. The maximum atomic E-state index is 13.3. The topological polar surface area (TPSA) is 34.9 Å². The van der Waals surface area contributed by atoms with Crippen LogP contribution in [0.3, 0.4) is 0 Å². The Kier molecular flexibility index (Phi) is 4.63. The van der Waals surface area contributed by atoms with Crippen molar-refractivity contribution in [3.63, 3.8) is 0 Å². The van der Waals surface area contributed by atoms with Gasteiger partial charge in [0.2, 0.25) is 0 Å². The lowest BCUT2D eigenvalue weighted by molar-refractivity contribution is 0.750. The second-order valence-corrected chi connectivity index (χ2v) is 8.51. The van der Waals surface area contributed by atoms with Crippen LogP contribution in [-0.2, 0) is 6.54 Å². The first kappa shape index (κ1) is 18.4. The maximum absolute atomic E-state index is 13.3. The fourth-order valence-electron chi connectivity index (χ4n) is 3.48. The van der Waals surface area contributed by atoms with E-state index < -0.39 is 0 Å². The summed E-state index contributed by atoms with van der Waals surface area (Å²) in [7, 11) is 0. The van der Waals surface area contributed by atoms with E-state index in [1.807, 2.05) is 23.6 Å². The lowest BCUT2D eigenvalue weighted by atomic mass is 10.0. The highest BCUT2D eigenvalue weighted by atomic mass is 35.5. The number of rotatable bonds is 3. The van der Waals surface area contributed by atoms with Gasteiger partial charge in [-0.1, -0.05) is 65.7 Å². The van der Waals surface area contributed by atoms with E-state index in [1.54, 1.807) is 23.0 Å². The van der Waals surface area contributed by atoms with Crippen LogP contribution in [0.5, 0.6) is 0 Å². The van der Waals surface area contributed by atoms with E-state index in [9.17, 15) is 4.79 Å². The molecule has 5 rings (SSSR count). The van der Waals surface area contributed by atoms with Gasteiger partial charge in [-0.3, -0.25) is 9.36 Å². The van der Waals surface area contributed by atoms with Crippen molar-refractivity contribution in [2.45, 2.75) is 6.54 Å². The summed E-state index contributed by atoms with van der Waals surface area (Å²) in [5, 5.41) is 6.05. The first-order valence-electron chi connectivity index (χ1n) is 9.00. The third-order valence-electron chi connectivity index (χ3n) is 4.98. The molecular weight excluding hydrogens is 423 g/mol. The molecule has 0 fully saturated rings. The van der Waals surface area contributed by atoms with Crippen molar-refractivity contribution >= 4 is 55.5 Å². The highest BCUT2D eigenvalue weighted by Gasteiger charge is 2.14. The van der Waals surface area contributed by atoms with Crippen molar-refractivity contribution in [1.29, 1.82) is 0 Å². The number of halogens is 2. The molecule has 2 heterocycles. The summed E-state index contributed by atoms with van der Waals surface area (Å²) in [6.45, 7) is 0.338. The highest BCUT2D eigenvalue weighted by molar-refractivity contribution is 7.17. The van der Waals surface area contributed by atoms with E-state index >= 15 is 0 Å². The number of hydrogen-bond donors (Lipinski definition) is 0. The third kappa shape index (κ3) is 3.33. The van der Waals surface area contributed by atoms with Gasteiger partial charge in [0, 0.05) is 21.0 Å². The average molecular weight is 437 g/mol. The smallest absolute Gasteiger partial charge is 0.263 e.